The van der Waals surface area contributed by atoms with Crippen LogP contribution in [-0.4, -0.2) is 17.1 Å². The summed E-state index contributed by atoms with van der Waals surface area (Å²) in [5.41, 5.74) is 0. The maximum atomic E-state index is 9.44. The van der Waals surface area contributed by atoms with Crippen molar-refractivity contribution in [1.82, 2.24) is 0 Å². The first kappa shape index (κ1) is 30.5. The fourth-order valence-corrected chi connectivity index (χ4v) is 0. The second kappa shape index (κ2) is 43.8. The smallest absolute Gasteiger partial charge is 0.126 e. The predicted molar refractivity (Wildman–Crippen MR) is 83.1 cm³/mol. The van der Waals surface area contributed by atoms with Crippen molar-refractivity contribution in [2.24, 2.45) is 0 Å². The molecule has 0 spiro atoms. The van der Waals surface area contributed by atoms with Crippen molar-refractivity contribution in [2.75, 3.05) is 0 Å². The molecular formula is C15H38O3. The molecule has 116 valence electrons. The van der Waals surface area contributed by atoms with Crippen molar-refractivity contribution in [3.8, 4) is 0 Å². The highest BCUT2D eigenvalue weighted by Gasteiger charge is 1.81. The molecule has 0 unspecified atom stereocenters. The normalized spacial score (nSPS) is 7.11. The van der Waals surface area contributed by atoms with E-state index in [1.54, 1.807) is 13.8 Å². The van der Waals surface area contributed by atoms with Gasteiger partial charge in [-0.15, -0.1) is 0 Å². The SMILES string of the molecule is CC(C)=O.CC(C)OO.CCC.CCC.CCC. The lowest BCUT2D eigenvalue weighted by Gasteiger charge is -1.91. The Bertz CT molecular complexity index is 93.2. The molecule has 3 nitrogen and oxygen atoms in total. The van der Waals surface area contributed by atoms with Gasteiger partial charge in [0.15, 0.2) is 0 Å². The molecule has 0 aromatic heterocycles. The van der Waals surface area contributed by atoms with Gasteiger partial charge in [-0.1, -0.05) is 60.8 Å². The van der Waals surface area contributed by atoms with Crippen molar-refractivity contribution >= 4 is 5.78 Å². The lowest BCUT2D eigenvalue weighted by Crippen LogP contribution is -1.95. The summed E-state index contributed by atoms with van der Waals surface area (Å²) in [6.07, 6.45) is 3.69. The van der Waals surface area contributed by atoms with Crippen molar-refractivity contribution in [3.05, 3.63) is 0 Å². The zero-order chi connectivity index (χ0) is 16.0. The number of Topliss-reactive ketones (excluding diaryl/α,β-unsaturated/α-hetero) is 1. The van der Waals surface area contributed by atoms with E-state index >= 15 is 0 Å². The summed E-state index contributed by atoms with van der Waals surface area (Å²) in [6.45, 7) is 19.3. The first-order chi connectivity index (χ1) is 8.24. The molecule has 0 fully saturated rings. The summed E-state index contributed by atoms with van der Waals surface area (Å²) in [7, 11) is 0. The molecule has 0 saturated carbocycles. The highest BCUT2D eigenvalue weighted by molar-refractivity contribution is 5.72. The zero-order valence-electron chi connectivity index (χ0n) is 14.5. The Morgan fingerprint density at radius 1 is 0.889 bits per heavy atom. The summed E-state index contributed by atoms with van der Waals surface area (Å²) >= 11 is 0. The van der Waals surface area contributed by atoms with Crippen LogP contribution in [-0.2, 0) is 9.68 Å². The average molecular weight is 266 g/mol. The first-order valence-corrected chi connectivity index (χ1v) is 7.02. The van der Waals surface area contributed by atoms with Crippen LogP contribution in [0.15, 0.2) is 0 Å². The molecule has 0 amide bonds. The van der Waals surface area contributed by atoms with Gasteiger partial charge >= 0.3 is 0 Å². The second-order valence-corrected chi connectivity index (χ2v) is 4.18. The van der Waals surface area contributed by atoms with Gasteiger partial charge in [-0.25, -0.2) is 4.89 Å². The van der Waals surface area contributed by atoms with Crippen LogP contribution in [0.4, 0.5) is 0 Å². The van der Waals surface area contributed by atoms with Crippen molar-refractivity contribution < 1.29 is 14.9 Å². The molecule has 0 aliphatic heterocycles. The van der Waals surface area contributed by atoms with Crippen molar-refractivity contribution in [1.29, 1.82) is 0 Å². The summed E-state index contributed by atoms with van der Waals surface area (Å²) in [6, 6.07) is 0. The van der Waals surface area contributed by atoms with Crippen LogP contribution >= 0.6 is 0 Å². The number of carbonyl (C=O) groups is 1. The second-order valence-electron chi connectivity index (χ2n) is 4.18. The fourth-order valence-electron chi connectivity index (χ4n) is 0. The van der Waals surface area contributed by atoms with E-state index in [1.807, 2.05) is 0 Å². The lowest BCUT2D eigenvalue weighted by molar-refractivity contribution is -0.269. The Balaban J connectivity index is -0.0000000400. The van der Waals surface area contributed by atoms with E-state index in [0.717, 1.165) is 0 Å². The zero-order valence-corrected chi connectivity index (χ0v) is 14.5. The molecule has 0 aromatic rings. The Kier molecular flexibility index (Phi) is 74.4. The van der Waals surface area contributed by atoms with E-state index in [9.17, 15) is 4.79 Å². The van der Waals surface area contributed by atoms with Gasteiger partial charge in [-0.3, -0.25) is 5.26 Å². The maximum Gasteiger partial charge on any atom is 0.126 e. The molecule has 0 rings (SSSR count). The fraction of sp³-hybridized carbons (Fsp3) is 0.933. The summed E-state index contributed by atoms with van der Waals surface area (Å²) in [4.78, 5) is 13.2. The number of carbonyl (C=O) groups excluding carboxylic acids is 1. The van der Waals surface area contributed by atoms with E-state index in [2.05, 4.69) is 46.4 Å². The molecule has 0 radical (unpaired) electrons. The largest absolute Gasteiger partial charge is 0.300 e. The number of rotatable bonds is 1. The van der Waals surface area contributed by atoms with Gasteiger partial charge in [0.05, 0.1) is 6.10 Å². The van der Waals surface area contributed by atoms with E-state index in [1.165, 1.54) is 33.1 Å². The molecule has 0 aliphatic carbocycles. The molecular weight excluding hydrogens is 228 g/mol. The van der Waals surface area contributed by atoms with E-state index in [-0.39, 0.29) is 11.9 Å². The topological polar surface area (TPSA) is 46.5 Å². The van der Waals surface area contributed by atoms with Crippen molar-refractivity contribution in [2.45, 2.75) is 94.6 Å². The minimum Gasteiger partial charge on any atom is -0.300 e. The molecule has 0 heterocycles. The molecule has 3 heteroatoms. The van der Waals surface area contributed by atoms with Gasteiger partial charge in [0, 0.05) is 0 Å². The quantitative estimate of drug-likeness (QED) is 0.487. The van der Waals surface area contributed by atoms with Gasteiger partial charge in [0.25, 0.3) is 0 Å². The van der Waals surface area contributed by atoms with E-state index in [4.69, 9.17) is 5.26 Å². The van der Waals surface area contributed by atoms with Gasteiger partial charge in [0.2, 0.25) is 0 Å². The van der Waals surface area contributed by atoms with E-state index in [0.29, 0.717) is 0 Å². The minimum atomic E-state index is -0.0602. The third kappa shape index (κ3) is 1310. The predicted octanol–water partition coefficient (Wildman–Crippen LogP) is 5.73. The van der Waals surface area contributed by atoms with Crippen LogP contribution in [0.25, 0.3) is 0 Å². The summed E-state index contributed by atoms with van der Waals surface area (Å²) < 4.78 is 0. The standard InChI is InChI=1S/C3H8O2.C3H6O.3C3H8/c1-3(2)5-4;1-3(2)4;3*1-3-2/h3-4H,1-2H3;1-2H3;3*3H2,1-2H3. The van der Waals surface area contributed by atoms with Crippen LogP contribution in [0.2, 0.25) is 0 Å². The maximum absolute atomic E-state index is 9.44. The van der Waals surface area contributed by atoms with Gasteiger partial charge in [-0.05, 0) is 27.7 Å². The molecule has 18 heavy (non-hydrogen) atoms. The molecule has 0 aromatic carbocycles. The first-order valence-electron chi connectivity index (χ1n) is 7.02. The van der Waals surface area contributed by atoms with Crippen LogP contribution in [0.1, 0.15) is 88.5 Å². The Morgan fingerprint density at radius 3 is 0.944 bits per heavy atom. The van der Waals surface area contributed by atoms with E-state index < -0.39 is 0 Å². The van der Waals surface area contributed by atoms with Crippen LogP contribution in [0.3, 0.4) is 0 Å². The third-order valence-corrected chi connectivity index (χ3v) is 0.211. The average Bonchev–Trinajstić information content (AvgIpc) is 2.20. The van der Waals surface area contributed by atoms with Crippen LogP contribution < -0.4 is 0 Å². The number of hydrogen-bond donors (Lipinski definition) is 1. The number of hydrogen-bond acceptors (Lipinski definition) is 3. The van der Waals surface area contributed by atoms with Crippen LogP contribution in [0, 0.1) is 0 Å². The lowest BCUT2D eigenvalue weighted by atomic mass is 10.5. The minimum absolute atomic E-state index is 0.0602. The number of ketones is 1. The molecule has 0 bridgehead atoms. The van der Waals surface area contributed by atoms with Gasteiger partial charge in [-0.2, -0.15) is 0 Å². The van der Waals surface area contributed by atoms with Gasteiger partial charge in [0.1, 0.15) is 5.78 Å². The Labute approximate surface area is 116 Å². The highest BCUT2D eigenvalue weighted by Crippen LogP contribution is 1.77. The molecule has 0 atom stereocenters. The van der Waals surface area contributed by atoms with Gasteiger partial charge < -0.3 is 4.79 Å². The molecule has 0 saturated heterocycles. The van der Waals surface area contributed by atoms with Crippen LogP contribution in [0.5, 0.6) is 0 Å². The molecule has 0 aliphatic rings. The Morgan fingerprint density at radius 2 is 0.944 bits per heavy atom. The van der Waals surface area contributed by atoms with Crippen molar-refractivity contribution in [3.63, 3.8) is 0 Å². The summed E-state index contributed by atoms with van der Waals surface area (Å²) in [5, 5.41) is 7.64. The monoisotopic (exact) mass is 266 g/mol. The summed E-state index contributed by atoms with van der Waals surface area (Å²) in [5.74, 6) is 0.167. The Hall–Kier alpha value is -0.410. The third-order valence-electron chi connectivity index (χ3n) is 0.211. The highest BCUT2D eigenvalue weighted by atomic mass is 17.1. The molecule has 1 N–H and O–H groups in total.